The quantitative estimate of drug-likeness (QED) is 0.713. The van der Waals surface area contributed by atoms with Gasteiger partial charge in [0.05, 0.1) is 5.56 Å². The fourth-order valence-electron chi connectivity index (χ4n) is 2.08. The van der Waals surface area contributed by atoms with E-state index in [2.05, 4.69) is 15.9 Å². The molecule has 0 aliphatic heterocycles. The molecule has 0 aliphatic carbocycles. The third-order valence-electron chi connectivity index (χ3n) is 3.01. The minimum absolute atomic E-state index is 0.0519. The van der Waals surface area contributed by atoms with Crippen molar-refractivity contribution < 1.29 is 14.6 Å². The first kappa shape index (κ1) is 12.7. The van der Waals surface area contributed by atoms with Crippen molar-refractivity contribution in [2.24, 2.45) is 0 Å². The number of benzene rings is 2. The summed E-state index contributed by atoms with van der Waals surface area (Å²) in [6.45, 7) is 0. The van der Waals surface area contributed by atoms with Gasteiger partial charge in [0.25, 0.3) is 0 Å². The number of phenolic OH excluding ortho intramolecular Hbond substituents is 2. The Labute approximate surface area is 122 Å². The lowest BCUT2D eigenvalue weighted by Gasteiger charge is -2.06. The van der Waals surface area contributed by atoms with E-state index >= 15 is 0 Å². The van der Waals surface area contributed by atoms with Gasteiger partial charge in [-0.1, -0.05) is 34.1 Å². The van der Waals surface area contributed by atoms with E-state index in [-0.39, 0.29) is 27.9 Å². The molecule has 0 amide bonds. The van der Waals surface area contributed by atoms with Crippen LogP contribution in [-0.2, 0) is 0 Å². The third kappa shape index (κ3) is 1.96. The first-order valence-corrected chi connectivity index (χ1v) is 6.59. The van der Waals surface area contributed by atoms with E-state index in [0.717, 1.165) is 10.5 Å². The summed E-state index contributed by atoms with van der Waals surface area (Å²) in [5.74, 6) is -0.463. The van der Waals surface area contributed by atoms with Gasteiger partial charge in [-0.15, -0.1) is 0 Å². The summed E-state index contributed by atoms with van der Waals surface area (Å²) < 4.78 is 6.11. The Morgan fingerprint density at radius 2 is 1.80 bits per heavy atom. The van der Waals surface area contributed by atoms with Crippen molar-refractivity contribution >= 4 is 26.9 Å². The van der Waals surface area contributed by atoms with Crippen molar-refractivity contribution in [3.8, 4) is 22.6 Å². The molecule has 3 rings (SSSR count). The second-order valence-corrected chi connectivity index (χ2v) is 5.15. The van der Waals surface area contributed by atoms with Crippen LogP contribution in [0.15, 0.2) is 56.3 Å². The van der Waals surface area contributed by atoms with Crippen molar-refractivity contribution in [1.82, 2.24) is 0 Å². The lowest BCUT2D eigenvalue weighted by molar-refractivity contribution is 0.452. The van der Waals surface area contributed by atoms with Gasteiger partial charge in [-0.25, -0.2) is 0 Å². The second-order valence-electron chi connectivity index (χ2n) is 4.30. The fraction of sp³-hybridized carbons (Fsp3) is 0. The van der Waals surface area contributed by atoms with Gasteiger partial charge in [0, 0.05) is 22.2 Å². The summed E-state index contributed by atoms with van der Waals surface area (Å²) >= 11 is 3.38. The van der Waals surface area contributed by atoms with E-state index in [9.17, 15) is 15.0 Å². The molecule has 20 heavy (non-hydrogen) atoms. The van der Waals surface area contributed by atoms with E-state index < -0.39 is 0 Å². The van der Waals surface area contributed by atoms with Crippen molar-refractivity contribution in [2.45, 2.75) is 0 Å². The largest absolute Gasteiger partial charge is 0.508 e. The van der Waals surface area contributed by atoms with Crippen molar-refractivity contribution in [2.75, 3.05) is 0 Å². The molecule has 0 radical (unpaired) electrons. The lowest BCUT2D eigenvalue weighted by Crippen LogP contribution is -2.05. The summed E-state index contributed by atoms with van der Waals surface area (Å²) in [4.78, 5) is 12.5. The van der Waals surface area contributed by atoms with E-state index in [0.29, 0.717) is 11.1 Å². The number of fused-ring (bicyclic) bond motifs is 1. The van der Waals surface area contributed by atoms with Crippen molar-refractivity contribution in [1.29, 1.82) is 0 Å². The average molecular weight is 333 g/mol. The highest BCUT2D eigenvalue weighted by Gasteiger charge is 2.15. The molecule has 0 spiro atoms. The molecular formula is C15H9BrO4. The molecule has 0 fully saturated rings. The maximum Gasteiger partial charge on any atom is 0.204 e. The molecule has 0 aliphatic rings. The standard InChI is InChI=1S/C15H9BrO4/c16-11-4-2-1-3-9(11)10-7-20-13-6-8(17)5-12(18)14(13)15(10)19/h1-7,17-18H. The topological polar surface area (TPSA) is 70.7 Å². The van der Waals surface area contributed by atoms with Gasteiger partial charge in [-0.3, -0.25) is 4.79 Å². The van der Waals surface area contributed by atoms with Gasteiger partial charge in [-0.05, 0) is 6.07 Å². The predicted molar refractivity (Wildman–Crippen MR) is 78.9 cm³/mol. The first-order valence-electron chi connectivity index (χ1n) is 5.80. The Kier molecular flexibility index (Phi) is 2.99. The monoisotopic (exact) mass is 332 g/mol. The van der Waals surface area contributed by atoms with Crippen LogP contribution in [0.5, 0.6) is 11.5 Å². The Morgan fingerprint density at radius 1 is 1.05 bits per heavy atom. The molecule has 3 aromatic rings. The van der Waals surface area contributed by atoms with E-state index in [1.807, 2.05) is 12.1 Å². The maximum atomic E-state index is 12.5. The maximum absolute atomic E-state index is 12.5. The number of aromatic hydroxyl groups is 2. The van der Waals surface area contributed by atoms with Crippen LogP contribution in [0.25, 0.3) is 22.1 Å². The Hall–Kier alpha value is -2.27. The lowest BCUT2D eigenvalue weighted by atomic mass is 10.1. The molecule has 100 valence electrons. The minimum atomic E-state index is -0.351. The van der Waals surface area contributed by atoms with Crippen LogP contribution < -0.4 is 5.43 Å². The molecule has 0 atom stereocenters. The molecule has 0 bridgehead atoms. The average Bonchev–Trinajstić information content (AvgIpc) is 2.39. The van der Waals surface area contributed by atoms with E-state index in [4.69, 9.17) is 4.42 Å². The van der Waals surface area contributed by atoms with Crippen LogP contribution in [0, 0.1) is 0 Å². The van der Waals surface area contributed by atoms with Crippen LogP contribution in [0.3, 0.4) is 0 Å². The van der Waals surface area contributed by atoms with E-state index in [1.165, 1.54) is 12.3 Å². The number of phenols is 2. The molecule has 1 aromatic heterocycles. The number of halogens is 1. The highest BCUT2D eigenvalue weighted by atomic mass is 79.9. The number of hydrogen-bond acceptors (Lipinski definition) is 4. The summed E-state index contributed by atoms with van der Waals surface area (Å²) in [5.41, 5.74) is 0.806. The molecule has 0 saturated carbocycles. The highest BCUT2D eigenvalue weighted by Crippen LogP contribution is 2.31. The van der Waals surface area contributed by atoms with Crippen LogP contribution >= 0.6 is 15.9 Å². The molecule has 0 unspecified atom stereocenters. The Morgan fingerprint density at radius 3 is 2.55 bits per heavy atom. The normalized spacial score (nSPS) is 10.8. The zero-order valence-electron chi connectivity index (χ0n) is 10.1. The summed E-state index contributed by atoms with van der Waals surface area (Å²) in [6, 6.07) is 9.64. The number of rotatable bonds is 1. The highest BCUT2D eigenvalue weighted by molar-refractivity contribution is 9.10. The molecule has 1 heterocycles. The Balaban J connectivity index is 2.38. The van der Waals surface area contributed by atoms with Crippen LogP contribution in [-0.4, -0.2) is 10.2 Å². The van der Waals surface area contributed by atoms with Crippen molar-refractivity contribution in [3.05, 3.63) is 57.4 Å². The Bertz CT molecular complexity index is 867. The van der Waals surface area contributed by atoms with Crippen LogP contribution in [0.1, 0.15) is 0 Å². The van der Waals surface area contributed by atoms with Gasteiger partial charge < -0.3 is 14.6 Å². The summed E-state index contributed by atoms with van der Waals surface area (Å²) in [5, 5.41) is 19.3. The van der Waals surface area contributed by atoms with Gasteiger partial charge >= 0.3 is 0 Å². The zero-order valence-corrected chi connectivity index (χ0v) is 11.7. The summed E-state index contributed by atoms with van der Waals surface area (Å²) in [6.07, 6.45) is 1.32. The summed E-state index contributed by atoms with van der Waals surface area (Å²) in [7, 11) is 0. The third-order valence-corrected chi connectivity index (χ3v) is 3.70. The molecular weight excluding hydrogens is 324 g/mol. The fourth-order valence-corrected chi connectivity index (χ4v) is 2.58. The van der Waals surface area contributed by atoms with Gasteiger partial charge in [0.2, 0.25) is 5.43 Å². The predicted octanol–water partition coefficient (Wildman–Crippen LogP) is 3.63. The molecule has 0 saturated heterocycles. The van der Waals surface area contributed by atoms with Gasteiger partial charge in [0.15, 0.2) is 0 Å². The SMILES string of the molecule is O=c1c(-c2ccccc2Br)coc2cc(O)cc(O)c12. The first-order chi connectivity index (χ1) is 9.58. The van der Waals surface area contributed by atoms with Crippen molar-refractivity contribution in [3.63, 3.8) is 0 Å². The van der Waals surface area contributed by atoms with Crippen LogP contribution in [0.4, 0.5) is 0 Å². The molecule has 4 nitrogen and oxygen atoms in total. The second kappa shape index (κ2) is 4.68. The molecule has 5 heteroatoms. The van der Waals surface area contributed by atoms with E-state index in [1.54, 1.807) is 12.1 Å². The minimum Gasteiger partial charge on any atom is -0.508 e. The zero-order chi connectivity index (χ0) is 14.3. The molecule has 2 aromatic carbocycles. The van der Waals surface area contributed by atoms with Gasteiger partial charge in [-0.2, -0.15) is 0 Å². The number of hydrogen-bond donors (Lipinski definition) is 2. The van der Waals surface area contributed by atoms with Gasteiger partial charge in [0.1, 0.15) is 28.7 Å². The molecule has 2 N–H and O–H groups in total. The van der Waals surface area contributed by atoms with Crippen LogP contribution in [0.2, 0.25) is 0 Å². The smallest absolute Gasteiger partial charge is 0.204 e.